The van der Waals surface area contributed by atoms with E-state index in [9.17, 15) is 10.2 Å². The lowest BCUT2D eigenvalue weighted by atomic mass is 9.89. The third-order valence-electron chi connectivity index (χ3n) is 4.58. The molecule has 0 spiro atoms. The van der Waals surface area contributed by atoms with Crippen molar-refractivity contribution in [2.45, 2.75) is 0 Å². The zero-order chi connectivity index (χ0) is 18.8. The number of benzene rings is 4. The highest BCUT2D eigenvalue weighted by molar-refractivity contribution is 5.93. The molecule has 4 N–H and O–H groups in total. The van der Waals surface area contributed by atoms with Gasteiger partial charge >= 0.3 is 0 Å². The number of nitrogen functional groups attached to an aromatic ring is 1. The topological polar surface area (TPSA) is 66.5 Å². The normalized spacial score (nSPS) is 10.7. The Hall–Kier alpha value is -3.72. The second-order valence-corrected chi connectivity index (χ2v) is 6.45. The molecule has 0 heterocycles. The predicted molar refractivity (Wildman–Crippen MR) is 110 cm³/mol. The van der Waals surface area contributed by atoms with E-state index in [1.54, 1.807) is 24.3 Å². The van der Waals surface area contributed by atoms with Gasteiger partial charge in [-0.15, -0.1) is 0 Å². The van der Waals surface area contributed by atoms with E-state index in [2.05, 4.69) is 6.07 Å². The Balaban J connectivity index is 1.96. The highest BCUT2D eigenvalue weighted by Gasteiger charge is 2.13. The molecule has 0 aliphatic heterocycles. The minimum atomic E-state index is 0.210. The van der Waals surface area contributed by atoms with Crippen molar-refractivity contribution < 1.29 is 10.2 Å². The van der Waals surface area contributed by atoms with Gasteiger partial charge in [0.05, 0.1) is 0 Å². The van der Waals surface area contributed by atoms with E-state index in [0.717, 1.165) is 33.4 Å². The van der Waals surface area contributed by atoms with Crippen LogP contribution in [0.4, 0.5) is 5.69 Å². The molecule has 3 heteroatoms. The van der Waals surface area contributed by atoms with Crippen LogP contribution in [0, 0.1) is 0 Å². The zero-order valence-corrected chi connectivity index (χ0v) is 14.6. The second kappa shape index (κ2) is 6.89. The molecule has 0 saturated carbocycles. The Kier molecular flexibility index (Phi) is 4.27. The molecule has 0 radical (unpaired) electrons. The predicted octanol–water partition coefficient (Wildman–Crippen LogP) is 5.68. The first-order chi connectivity index (χ1) is 13.1. The maximum atomic E-state index is 9.91. The summed E-state index contributed by atoms with van der Waals surface area (Å²) in [4.78, 5) is 0. The van der Waals surface area contributed by atoms with Crippen LogP contribution in [0.15, 0.2) is 91.0 Å². The van der Waals surface area contributed by atoms with Crippen LogP contribution in [0.3, 0.4) is 0 Å². The molecule has 0 atom stereocenters. The number of anilines is 1. The third-order valence-corrected chi connectivity index (χ3v) is 4.58. The molecule has 0 amide bonds. The average Bonchev–Trinajstić information content (AvgIpc) is 2.68. The lowest BCUT2D eigenvalue weighted by Crippen LogP contribution is -1.92. The molecule has 0 aromatic heterocycles. The molecular weight excluding hydrogens is 334 g/mol. The summed E-state index contributed by atoms with van der Waals surface area (Å²) in [6.07, 6.45) is 0. The molecule has 0 saturated heterocycles. The molecule has 4 rings (SSSR count). The van der Waals surface area contributed by atoms with Gasteiger partial charge in [0.1, 0.15) is 11.5 Å². The summed E-state index contributed by atoms with van der Waals surface area (Å²) < 4.78 is 0. The van der Waals surface area contributed by atoms with Crippen molar-refractivity contribution >= 4 is 5.69 Å². The Morgan fingerprint density at radius 3 is 1.67 bits per heavy atom. The largest absolute Gasteiger partial charge is 0.508 e. The van der Waals surface area contributed by atoms with Crippen molar-refractivity contribution in [3.63, 3.8) is 0 Å². The SMILES string of the molecule is Nc1ccc(-c2ccccc2-c2cccc(O)c2)c(-c2cccc(O)c2)c1. The highest BCUT2D eigenvalue weighted by Crippen LogP contribution is 2.40. The second-order valence-electron chi connectivity index (χ2n) is 6.45. The van der Waals surface area contributed by atoms with Crippen LogP contribution in [0.2, 0.25) is 0 Å². The van der Waals surface area contributed by atoms with E-state index < -0.39 is 0 Å². The van der Waals surface area contributed by atoms with Gasteiger partial charge in [0, 0.05) is 5.69 Å². The van der Waals surface area contributed by atoms with Gasteiger partial charge in [-0.1, -0.05) is 54.6 Å². The number of nitrogens with two attached hydrogens (primary N) is 1. The molecule has 132 valence electrons. The Morgan fingerprint density at radius 1 is 0.481 bits per heavy atom. The number of hydrogen-bond donors (Lipinski definition) is 3. The monoisotopic (exact) mass is 353 g/mol. The smallest absolute Gasteiger partial charge is 0.116 e. The molecule has 3 nitrogen and oxygen atoms in total. The summed E-state index contributed by atoms with van der Waals surface area (Å²) in [7, 11) is 0. The van der Waals surface area contributed by atoms with Gasteiger partial charge in [0.25, 0.3) is 0 Å². The van der Waals surface area contributed by atoms with E-state index in [-0.39, 0.29) is 11.5 Å². The van der Waals surface area contributed by atoms with Gasteiger partial charge in [-0.3, -0.25) is 0 Å². The summed E-state index contributed by atoms with van der Waals surface area (Å²) in [6.45, 7) is 0. The van der Waals surface area contributed by atoms with Gasteiger partial charge in [-0.25, -0.2) is 0 Å². The number of phenols is 2. The first-order valence-corrected chi connectivity index (χ1v) is 8.69. The van der Waals surface area contributed by atoms with Crippen LogP contribution in [0.5, 0.6) is 11.5 Å². The summed E-state index contributed by atoms with van der Waals surface area (Å²) in [6, 6.07) is 28.2. The molecular formula is C24H19NO2. The van der Waals surface area contributed by atoms with E-state index in [1.807, 2.05) is 60.7 Å². The summed E-state index contributed by atoms with van der Waals surface area (Å²) >= 11 is 0. The zero-order valence-electron chi connectivity index (χ0n) is 14.6. The molecule has 4 aromatic rings. The maximum Gasteiger partial charge on any atom is 0.116 e. The van der Waals surface area contributed by atoms with Crippen molar-refractivity contribution in [1.29, 1.82) is 0 Å². The molecule has 4 aromatic carbocycles. The van der Waals surface area contributed by atoms with Crippen molar-refractivity contribution in [2.75, 3.05) is 5.73 Å². The molecule has 0 unspecified atom stereocenters. The van der Waals surface area contributed by atoms with Crippen LogP contribution < -0.4 is 5.73 Å². The Bertz CT molecular complexity index is 1120. The highest BCUT2D eigenvalue weighted by atomic mass is 16.3. The van der Waals surface area contributed by atoms with E-state index >= 15 is 0 Å². The number of aromatic hydroxyl groups is 2. The van der Waals surface area contributed by atoms with Crippen LogP contribution in [0.25, 0.3) is 33.4 Å². The van der Waals surface area contributed by atoms with E-state index in [4.69, 9.17) is 5.73 Å². The number of hydrogen-bond acceptors (Lipinski definition) is 3. The van der Waals surface area contributed by atoms with Gasteiger partial charge < -0.3 is 15.9 Å². The molecule has 27 heavy (non-hydrogen) atoms. The van der Waals surface area contributed by atoms with Crippen LogP contribution in [-0.4, -0.2) is 10.2 Å². The standard InChI is InChI=1S/C24H19NO2/c25-18-11-12-23(24(15-18)17-6-4-8-20(27)14-17)22-10-2-1-9-21(22)16-5-3-7-19(26)13-16/h1-15,26-27H,25H2. The maximum absolute atomic E-state index is 9.91. The summed E-state index contributed by atoms with van der Waals surface area (Å²) in [5, 5.41) is 19.8. The van der Waals surface area contributed by atoms with Crippen molar-refractivity contribution in [2.24, 2.45) is 0 Å². The number of phenolic OH excluding ortho intramolecular Hbond substituents is 2. The minimum absolute atomic E-state index is 0.210. The summed E-state index contributed by atoms with van der Waals surface area (Å²) in [5.74, 6) is 0.440. The lowest BCUT2D eigenvalue weighted by molar-refractivity contribution is 0.475. The molecule has 0 aliphatic carbocycles. The van der Waals surface area contributed by atoms with Crippen molar-refractivity contribution in [1.82, 2.24) is 0 Å². The third kappa shape index (κ3) is 3.35. The average molecular weight is 353 g/mol. The van der Waals surface area contributed by atoms with Crippen LogP contribution >= 0.6 is 0 Å². The van der Waals surface area contributed by atoms with Gasteiger partial charge in [-0.2, -0.15) is 0 Å². The van der Waals surface area contributed by atoms with Crippen LogP contribution in [0.1, 0.15) is 0 Å². The molecule has 0 aliphatic rings. The van der Waals surface area contributed by atoms with Gasteiger partial charge in [-0.05, 0) is 69.8 Å². The first-order valence-electron chi connectivity index (χ1n) is 8.69. The van der Waals surface area contributed by atoms with E-state index in [0.29, 0.717) is 5.69 Å². The van der Waals surface area contributed by atoms with Crippen molar-refractivity contribution in [3.8, 4) is 44.9 Å². The van der Waals surface area contributed by atoms with Gasteiger partial charge in [0.15, 0.2) is 0 Å². The minimum Gasteiger partial charge on any atom is -0.508 e. The Labute approximate surface area is 158 Å². The van der Waals surface area contributed by atoms with Crippen molar-refractivity contribution in [3.05, 3.63) is 91.0 Å². The van der Waals surface area contributed by atoms with Gasteiger partial charge in [0.2, 0.25) is 0 Å². The fourth-order valence-corrected chi connectivity index (χ4v) is 3.35. The Morgan fingerprint density at radius 2 is 1.04 bits per heavy atom. The molecule has 0 bridgehead atoms. The summed E-state index contributed by atoms with van der Waals surface area (Å²) in [5.41, 5.74) is 12.5. The lowest BCUT2D eigenvalue weighted by Gasteiger charge is -2.15. The number of rotatable bonds is 3. The fourth-order valence-electron chi connectivity index (χ4n) is 3.35. The fraction of sp³-hybridized carbons (Fsp3) is 0. The van der Waals surface area contributed by atoms with E-state index in [1.165, 1.54) is 0 Å². The first kappa shape index (κ1) is 16.7. The quantitative estimate of drug-likeness (QED) is 0.415. The van der Waals surface area contributed by atoms with Crippen LogP contribution in [-0.2, 0) is 0 Å². The molecule has 0 fully saturated rings.